The molecule has 1 rings (SSSR count). The van der Waals surface area contributed by atoms with Gasteiger partial charge in [0.2, 0.25) is 0 Å². The summed E-state index contributed by atoms with van der Waals surface area (Å²) in [4.78, 5) is 11.1. The molecule has 0 aliphatic carbocycles. The fourth-order valence-corrected chi connectivity index (χ4v) is 1.64. The van der Waals surface area contributed by atoms with E-state index in [-0.39, 0.29) is 5.56 Å². The summed E-state index contributed by atoms with van der Waals surface area (Å²) in [6, 6.07) is 6.03. The minimum absolute atomic E-state index is 0.263. The fraction of sp³-hybridized carbons (Fsp3) is 0.308. The second kappa shape index (κ2) is 6.05. The topological polar surface area (TPSA) is 37.3 Å². The molecule has 1 N–H and O–H groups in total. The monoisotopic (exact) mass is 222 g/mol. The summed E-state index contributed by atoms with van der Waals surface area (Å²) < 4.78 is 13.4. The van der Waals surface area contributed by atoms with Crippen molar-refractivity contribution < 1.29 is 14.3 Å². The number of benzene rings is 1. The zero-order chi connectivity index (χ0) is 12.0. The average Bonchev–Trinajstić information content (AvgIpc) is 2.25. The minimum atomic E-state index is -0.978. The van der Waals surface area contributed by atoms with E-state index >= 15 is 0 Å². The van der Waals surface area contributed by atoms with Gasteiger partial charge in [0, 0.05) is 5.56 Å². The first-order valence-corrected chi connectivity index (χ1v) is 5.25. The van der Waals surface area contributed by atoms with Crippen LogP contribution in [0.4, 0.5) is 4.39 Å². The molecule has 0 aliphatic heterocycles. The summed E-state index contributed by atoms with van der Waals surface area (Å²) in [5.41, 5.74) is 0.263. The van der Waals surface area contributed by atoms with Crippen LogP contribution in [0.15, 0.2) is 36.9 Å². The molecule has 0 saturated carbocycles. The zero-order valence-corrected chi connectivity index (χ0v) is 9.03. The molecule has 86 valence electrons. The Balaban J connectivity index is 2.81. The molecule has 0 aliphatic rings. The Bertz CT molecular complexity index is 374. The highest BCUT2D eigenvalue weighted by atomic mass is 19.1. The first-order chi connectivity index (χ1) is 7.66. The number of carboxylic acid groups (broad SMARTS) is 1. The van der Waals surface area contributed by atoms with Crippen molar-refractivity contribution in [2.75, 3.05) is 0 Å². The van der Waals surface area contributed by atoms with Gasteiger partial charge in [-0.2, -0.15) is 0 Å². The van der Waals surface area contributed by atoms with Gasteiger partial charge in [0.05, 0.1) is 5.92 Å². The maximum absolute atomic E-state index is 13.4. The molecule has 0 fully saturated rings. The Kier molecular flexibility index (Phi) is 4.70. The van der Waals surface area contributed by atoms with Crippen LogP contribution in [0.5, 0.6) is 0 Å². The molecule has 0 bridgehead atoms. The predicted molar refractivity (Wildman–Crippen MR) is 60.8 cm³/mol. The third-order valence-corrected chi connectivity index (χ3v) is 2.48. The molecule has 0 amide bonds. The van der Waals surface area contributed by atoms with E-state index in [0.29, 0.717) is 12.8 Å². The van der Waals surface area contributed by atoms with Gasteiger partial charge in [-0.05, 0) is 25.3 Å². The predicted octanol–water partition coefficient (Wildman–Crippen LogP) is 3.35. The Morgan fingerprint density at radius 2 is 2.19 bits per heavy atom. The van der Waals surface area contributed by atoms with E-state index < -0.39 is 17.7 Å². The van der Waals surface area contributed by atoms with Crippen LogP contribution in [0.2, 0.25) is 0 Å². The van der Waals surface area contributed by atoms with Gasteiger partial charge in [-0.15, -0.1) is 6.58 Å². The molecular weight excluding hydrogens is 207 g/mol. The summed E-state index contributed by atoms with van der Waals surface area (Å²) >= 11 is 0. The van der Waals surface area contributed by atoms with E-state index in [1.54, 1.807) is 18.2 Å². The molecule has 1 aromatic rings. The highest BCUT2D eigenvalue weighted by molar-refractivity contribution is 5.76. The summed E-state index contributed by atoms with van der Waals surface area (Å²) in [5, 5.41) is 9.06. The number of hydrogen-bond donors (Lipinski definition) is 1. The molecule has 1 atom stereocenters. The standard InChI is InChI=1S/C13H15FO2/c1-2-3-4-8-11(13(15)16)10-7-5-6-9-12(10)14/h2,5-7,9,11H,1,3-4,8H2,(H,15,16). The van der Waals surface area contributed by atoms with Gasteiger partial charge >= 0.3 is 5.97 Å². The number of rotatable bonds is 6. The van der Waals surface area contributed by atoms with Gasteiger partial charge in [0.15, 0.2) is 0 Å². The zero-order valence-electron chi connectivity index (χ0n) is 9.03. The van der Waals surface area contributed by atoms with Crippen LogP contribution in [0, 0.1) is 5.82 Å². The smallest absolute Gasteiger partial charge is 0.311 e. The molecule has 0 aromatic heterocycles. The first-order valence-electron chi connectivity index (χ1n) is 5.25. The van der Waals surface area contributed by atoms with Crippen LogP contribution in [-0.4, -0.2) is 11.1 Å². The highest BCUT2D eigenvalue weighted by Gasteiger charge is 2.21. The van der Waals surface area contributed by atoms with Crippen LogP contribution in [0.3, 0.4) is 0 Å². The fourth-order valence-electron chi connectivity index (χ4n) is 1.64. The van der Waals surface area contributed by atoms with E-state index in [2.05, 4.69) is 6.58 Å². The van der Waals surface area contributed by atoms with Gasteiger partial charge in [0.1, 0.15) is 5.82 Å². The quantitative estimate of drug-likeness (QED) is 0.592. The van der Waals surface area contributed by atoms with Crippen molar-refractivity contribution in [2.24, 2.45) is 0 Å². The second-order valence-corrected chi connectivity index (χ2v) is 3.63. The highest BCUT2D eigenvalue weighted by Crippen LogP contribution is 2.24. The lowest BCUT2D eigenvalue weighted by molar-refractivity contribution is -0.139. The maximum Gasteiger partial charge on any atom is 0.311 e. The Morgan fingerprint density at radius 3 is 2.75 bits per heavy atom. The lowest BCUT2D eigenvalue weighted by Gasteiger charge is -2.12. The lowest BCUT2D eigenvalue weighted by Crippen LogP contribution is -2.13. The van der Waals surface area contributed by atoms with E-state index in [9.17, 15) is 9.18 Å². The third-order valence-electron chi connectivity index (χ3n) is 2.48. The summed E-state index contributed by atoms with van der Waals surface area (Å²) in [5.74, 6) is -2.19. The van der Waals surface area contributed by atoms with Gasteiger partial charge in [-0.25, -0.2) is 4.39 Å². The Labute approximate surface area is 94.4 Å². The van der Waals surface area contributed by atoms with Crippen molar-refractivity contribution in [3.63, 3.8) is 0 Å². The molecule has 16 heavy (non-hydrogen) atoms. The second-order valence-electron chi connectivity index (χ2n) is 3.63. The first kappa shape index (κ1) is 12.4. The summed E-state index contributed by atoms with van der Waals surface area (Å²) in [7, 11) is 0. The van der Waals surface area contributed by atoms with Crippen LogP contribution < -0.4 is 0 Å². The number of allylic oxidation sites excluding steroid dienone is 1. The van der Waals surface area contributed by atoms with Crippen LogP contribution >= 0.6 is 0 Å². The summed E-state index contributed by atoms with van der Waals surface area (Å²) in [6.07, 6.45) is 3.62. The van der Waals surface area contributed by atoms with Crippen molar-refractivity contribution in [2.45, 2.75) is 25.2 Å². The number of carbonyl (C=O) groups is 1. The molecule has 2 nitrogen and oxygen atoms in total. The molecule has 1 aromatic carbocycles. The van der Waals surface area contributed by atoms with Crippen LogP contribution in [0.1, 0.15) is 30.7 Å². The molecule has 0 heterocycles. The largest absolute Gasteiger partial charge is 0.481 e. The lowest BCUT2D eigenvalue weighted by atomic mass is 9.93. The number of halogens is 1. The van der Waals surface area contributed by atoms with Crippen molar-refractivity contribution in [3.05, 3.63) is 48.3 Å². The van der Waals surface area contributed by atoms with Crippen LogP contribution in [-0.2, 0) is 4.79 Å². The average molecular weight is 222 g/mol. The molecule has 1 unspecified atom stereocenters. The van der Waals surface area contributed by atoms with E-state index in [1.807, 2.05) is 0 Å². The number of unbranched alkanes of at least 4 members (excludes halogenated alkanes) is 1. The van der Waals surface area contributed by atoms with Crippen molar-refractivity contribution in [3.8, 4) is 0 Å². The van der Waals surface area contributed by atoms with E-state index in [1.165, 1.54) is 12.1 Å². The number of carboxylic acids is 1. The molecule has 0 radical (unpaired) electrons. The molecule has 0 spiro atoms. The Hall–Kier alpha value is -1.64. The van der Waals surface area contributed by atoms with Gasteiger partial charge in [0.25, 0.3) is 0 Å². The van der Waals surface area contributed by atoms with Crippen molar-refractivity contribution >= 4 is 5.97 Å². The maximum atomic E-state index is 13.4. The van der Waals surface area contributed by atoms with E-state index in [4.69, 9.17) is 5.11 Å². The number of aliphatic carboxylic acids is 1. The van der Waals surface area contributed by atoms with Gasteiger partial charge < -0.3 is 5.11 Å². The van der Waals surface area contributed by atoms with E-state index in [0.717, 1.165) is 6.42 Å². The number of hydrogen-bond acceptors (Lipinski definition) is 1. The van der Waals surface area contributed by atoms with Crippen LogP contribution in [0.25, 0.3) is 0 Å². The van der Waals surface area contributed by atoms with Gasteiger partial charge in [-0.3, -0.25) is 4.79 Å². The van der Waals surface area contributed by atoms with Crippen molar-refractivity contribution in [1.82, 2.24) is 0 Å². The van der Waals surface area contributed by atoms with Crippen molar-refractivity contribution in [1.29, 1.82) is 0 Å². The SMILES string of the molecule is C=CCCCC(C(=O)O)c1ccccc1F. The minimum Gasteiger partial charge on any atom is -0.481 e. The Morgan fingerprint density at radius 1 is 1.50 bits per heavy atom. The normalized spacial score (nSPS) is 12.1. The molecule has 3 heteroatoms. The molecular formula is C13H15FO2. The van der Waals surface area contributed by atoms with Gasteiger partial charge in [-0.1, -0.05) is 24.3 Å². The summed E-state index contributed by atoms with van der Waals surface area (Å²) in [6.45, 7) is 3.57. The third kappa shape index (κ3) is 3.19. The molecule has 0 saturated heterocycles.